The van der Waals surface area contributed by atoms with Crippen molar-refractivity contribution in [2.45, 2.75) is 20.0 Å². The van der Waals surface area contributed by atoms with Gasteiger partial charge in [0.05, 0.1) is 12.3 Å². The van der Waals surface area contributed by atoms with E-state index in [1.54, 1.807) is 60.7 Å². The van der Waals surface area contributed by atoms with Gasteiger partial charge in [0.25, 0.3) is 11.8 Å². The van der Waals surface area contributed by atoms with Crippen molar-refractivity contribution >= 4 is 41.2 Å². The molecule has 4 amide bonds. The lowest BCUT2D eigenvalue weighted by atomic mass is 10.0. The molecule has 1 aliphatic rings. The number of nitrogens with zero attached hydrogens (tertiary/aromatic N) is 1. The van der Waals surface area contributed by atoms with Crippen molar-refractivity contribution in [2.75, 3.05) is 11.5 Å². The Morgan fingerprint density at radius 3 is 2.41 bits per heavy atom. The summed E-state index contributed by atoms with van der Waals surface area (Å²) in [4.78, 5) is 39.2. The maximum absolute atomic E-state index is 13.2. The molecule has 0 radical (unpaired) electrons. The first-order valence-corrected chi connectivity index (χ1v) is 12.0. The van der Waals surface area contributed by atoms with Gasteiger partial charge in [-0.05, 0) is 66.9 Å². The number of benzene rings is 3. The summed E-state index contributed by atoms with van der Waals surface area (Å²) in [6.07, 6.45) is 3.63. The van der Waals surface area contributed by atoms with Crippen LogP contribution in [0.5, 0.6) is 11.5 Å². The molecule has 8 heteroatoms. The summed E-state index contributed by atoms with van der Waals surface area (Å²) in [7, 11) is 0. The fourth-order valence-electron chi connectivity index (χ4n) is 3.87. The third kappa shape index (κ3) is 5.90. The van der Waals surface area contributed by atoms with E-state index in [2.05, 4.69) is 11.9 Å². The van der Waals surface area contributed by atoms with E-state index in [-0.39, 0.29) is 12.2 Å². The molecule has 3 aromatic carbocycles. The van der Waals surface area contributed by atoms with Gasteiger partial charge in [-0.1, -0.05) is 48.0 Å². The van der Waals surface area contributed by atoms with Crippen molar-refractivity contribution < 1.29 is 23.9 Å². The predicted octanol–water partition coefficient (Wildman–Crippen LogP) is 5.71. The first-order chi connectivity index (χ1) is 17.9. The van der Waals surface area contributed by atoms with E-state index in [1.807, 2.05) is 19.1 Å². The normalized spacial score (nSPS) is 14.5. The molecule has 0 aliphatic carbocycles. The van der Waals surface area contributed by atoms with Gasteiger partial charge >= 0.3 is 6.03 Å². The highest BCUT2D eigenvalue weighted by Crippen LogP contribution is 2.36. The fourth-order valence-corrected chi connectivity index (χ4v) is 4.00. The molecule has 0 spiro atoms. The molecule has 1 heterocycles. The molecule has 0 unspecified atom stereocenters. The molecular formula is C29H25ClN2O5. The number of barbiturate groups is 1. The molecule has 0 bridgehead atoms. The lowest BCUT2D eigenvalue weighted by Gasteiger charge is -2.26. The third-order valence-corrected chi connectivity index (χ3v) is 5.79. The van der Waals surface area contributed by atoms with Crippen molar-refractivity contribution in [2.24, 2.45) is 0 Å². The van der Waals surface area contributed by atoms with Crippen LogP contribution in [0.2, 0.25) is 5.02 Å². The monoisotopic (exact) mass is 516 g/mol. The van der Waals surface area contributed by atoms with Gasteiger partial charge < -0.3 is 9.47 Å². The zero-order valence-corrected chi connectivity index (χ0v) is 21.0. The van der Waals surface area contributed by atoms with Gasteiger partial charge in [-0.3, -0.25) is 14.9 Å². The molecule has 37 heavy (non-hydrogen) atoms. The average molecular weight is 517 g/mol. The van der Waals surface area contributed by atoms with Crippen molar-refractivity contribution in [1.29, 1.82) is 0 Å². The van der Waals surface area contributed by atoms with Crippen LogP contribution in [0.1, 0.15) is 23.6 Å². The van der Waals surface area contributed by atoms with Crippen molar-refractivity contribution in [1.82, 2.24) is 5.32 Å². The van der Waals surface area contributed by atoms with E-state index >= 15 is 0 Å². The summed E-state index contributed by atoms with van der Waals surface area (Å²) in [6.45, 7) is 6.35. The molecule has 1 saturated heterocycles. The van der Waals surface area contributed by atoms with Gasteiger partial charge in [0.1, 0.15) is 12.2 Å². The van der Waals surface area contributed by atoms with Crippen LogP contribution in [0, 0.1) is 0 Å². The molecular weight excluding hydrogens is 492 g/mol. The SMILES string of the molecule is C=CCc1cc(/C=C2\C(=O)NC(=O)N(c3ccccc3)C2=O)cc(OCC)c1OCc1ccc(Cl)cc1. The largest absolute Gasteiger partial charge is 0.490 e. The number of halogens is 1. The number of anilines is 1. The summed E-state index contributed by atoms with van der Waals surface area (Å²) in [5, 5.41) is 2.88. The molecule has 1 fully saturated rings. The van der Waals surface area contributed by atoms with E-state index in [9.17, 15) is 14.4 Å². The van der Waals surface area contributed by atoms with Gasteiger partial charge in [-0.15, -0.1) is 6.58 Å². The number of hydrogen-bond donors (Lipinski definition) is 1. The quantitative estimate of drug-likeness (QED) is 0.223. The van der Waals surface area contributed by atoms with Gasteiger partial charge in [0.2, 0.25) is 0 Å². The Bertz CT molecular complexity index is 1370. The zero-order chi connectivity index (χ0) is 26.4. The van der Waals surface area contributed by atoms with Crippen LogP contribution in [0.3, 0.4) is 0 Å². The van der Waals surface area contributed by atoms with Crippen LogP contribution >= 0.6 is 11.6 Å². The minimum atomic E-state index is -0.799. The Hall–Kier alpha value is -4.36. The molecule has 1 aliphatic heterocycles. The number of para-hydroxylation sites is 1. The Morgan fingerprint density at radius 1 is 1.00 bits per heavy atom. The van der Waals surface area contributed by atoms with E-state index in [0.29, 0.717) is 40.8 Å². The number of rotatable bonds is 9. The Kier molecular flexibility index (Phi) is 8.05. The van der Waals surface area contributed by atoms with Crippen LogP contribution in [-0.4, -0.2) is 24.5 Å². The van der Waals surface area contributed by atoms with Gasteiger partial charge in [-0.25, -0.2) is 9.69 Å². The smallest absolute Gasteiger partial charge is 0.335 e. The second-order valence-electron chi connectivity index (χ2n) is 8.14. The van der Waals surface area contributed by atoms with E-state index < -0.39 is 17.8 Å². The number of urea groups is 1. The van der Waals surface area contributed by atoms with Crippen LogP contribution in [0.25, 0.3) is 6.08 Å². The van der Waals surface area contributed by atoms with Crippen molar-refractivity contribution in [3.63, 3.8) is 0 Å². The first kappa shape index (κ1) is 25.7. The van der Waals surface area contributed by atoms with Gasteiger partial charge in [0, 0.05) is 10.6 Å². The van der Waals surface area contributed by atoms with E-state index in [1.165, 1.54) is 6.08 Å². The number of hydrogen-bond acceptors (Lipinski definition) is 5. The molecule has 7 nitrogen and oxygen atoms in total. The number of carbonyl (C=O) groups excluding carboxylic acids is 3. The molecule has 0 saturated carbocycles. The van der Waals surface area contributed by atoms with Gasteiger partial charge in [0.15, 0.2) is 11.5 Å². The van der Waals surface area contributed by atoms with Crippen LogP contribution in [0.4, 0.5) is 10.5 Å². The lowest BCUT2D eigenvalue weighted by molar-refractivity contribution is -0.122. The van der Waals surface area contributed by atoms with E-state index in [4.69, 9.17) is 21.1 Å². The number of allylic oxidation sites excluding steroid dienone is 1. The zero-order valence-electron chi connectivity index (χ0n) is 20.2. The molecule has 0 aromatic heterocycles. The summed E-state index contributed by atoms with van der Waals surface area (Å²) in [6, 6.07) is 18.4. The predicted molar refractivity (Wildman–Crippen MR) is 143 cm³/mol. The number of amides is 4. The fraction of sp³-hybridized carbons (Fsp3) is 0.138. The number of ether oxygens (including phenoxy) is 2. The third-order valence-electron chi connectivity index (χ3n) is 5.54. The maximum Gasteiger partial charge on any atom is 0.335 e. The highest BCUT2D eigenvalue weighted by atomic mass is 35.5. The second-order valence-corrected chi connectivity index (χ2v) is 8.58. The number of nitrogens with one attached hydrogen (secondary N) is 1. The average Bonchev–Trinajstić information content (AvgIpc) is 2.88. The summed E-state index contributed by atoms with van der Waals surface area (Å²) < 4.78 is 12.0. The van der Waals surface area contributed by atoms with Crippen molar-refractivity contribution in [3.8, 4) is 11.5 Å². The Labute approximate surface area is 219 Å². The molecule has 0 atom stereocenters. The summed E-state index contributed by atoms with van der Waals surface area (Å²) in [5.74, 6) is -0.485. The van der Waals surface area contributed by atoms with E-state index in [0.717, 1.165) is 16.0 Å². The van der Waals surface area contributed by atoms with Crippen LogP contribution in [0.15, 0.2) is 85.0 Å². The minimum absolute atomic E-state index is 0.176. The molecule has 4 rings (SSSR count). The highest BCUT2D eigenvalue weighted by Gasteiger charge is 2.36. The Morgan fingerprint density at radius 2 is 1.73 bits per heavy atom. The van der Waals surface area contributed by atoms with Crippen LogP contribution < -0.4 is 19.7 Å². The maximum atomic E-state index is 13.2. The second kappa shape index (κ2) is 11.6. The minimum Gasteiger partial charge on any atom is -0.490 e. The van der Waals surface area contributed by atoms with Gasteiger partial charge in [-0.2, -0.15) is 0 Å². The standard InChI is InChI=1S/C29H25ClN2O5/c1-3-8-21-15-20(17-25(36-4-2)26(21)37-18-19-11-13-22(30)14-12-19)16-24-27(33)31-29(35)32(28(24)34)23-9-6-5-7-10-23/h3,5-7,9-17H,1,4,8,18H2,2H3,(H,31,33,35)/b24-16+. The molecule has 188 valence electrons. The first-order valence-electron chi connectivity index (χ1n) is 11.7. The molecule has 1 N–H and O–H groups in total. The topological polar surface area (TPSA) is 84.9 Å². The lowest BCUT2D eigenvalue weighted by Crippen LogP contribution is -2.54. The summed E-state index contributed by atoms with van der Waals surface area (Å²) >= 11 is 5.98. The van der Waals surface area contributed by atoms with Crippen molar-refractivity contribution in [3.05, 3.63) is 107 Å². The molecule has 3 aromatic rings. The number of carbonyl (C=O) groups is 3. The Balaban J connectivity index is 1.71. The van der Waals surface area contributed by atoms with Crippen LogP contribution in [-0.2, 0) is 22.6 Å². The summed E-state index contributed by atoms with van der Waals surface area (Å²) in [5.41, 5.74) is 2.42. The highest BCUT2D eigenvalue weighted by molar-refractivity contribution is 6.39. The number of imide groups is 2.